The molecule has 2 heteroatoms. The summed E-state index contributed by atoms with van der Waals surface area (Å²) in [6, 6.07) is 8.04. The zero-order chi connectivity index (χ0) is 9.26. The number of fused-ring (bicyclic) bond motifs is 1. The van der Waals surface area contributed by atoms with E-state index in [2.05, 4.69) is 0 Å². The number of hydrogen-bond acceptors (Lipinski definition) is 2. The molecule has 0 spiro atoms. The Bertz CT molecular complexity index is 415. The lowest BCUT2D eigenvalue weighted by Gasteiger charge is -1.91. The summed E-state index contributed by atoms with van der Waals surface area (Å²) in [5.74, 6) is 1.81. The van der Waals surface area contributed by atoms with Crippen LogP contribution in [0.5, 0.6) is 0 Å². The van der Waals surface area contributed by atoms with Crippen molar-refractivity contribution in [2.24, 2.45) is 0 Å². The third-order valence-corrected chi connectivity index (χ3v) is 2.22. The first-order chi connectivity index (χ1) is 6.33. The van der Waals surface area contributed by atoms with Gasteiger partial charge < -0.3 is 9.52 Å². The molecule has 13 heavy (non-hydrogen) atoms. The van der Waals surface area contributed by atoms with Gasteiger partial charge in [-0.25, -0.2) is 0 Å². The molecule has 2 nitrogen and oxygen atoms in total. The van der Waals surface area contributed by atoms with Gasteiger partial charge in [0.1, 0.15) is 11.5 Å². The van der Waals surface area contributed by atoms with Crippen LogP contribution >= 0.6 is 0 Å². The van der Waals surface area contributed by atoms with Crippen molar-refractivity contribution in [3.8, 4) is 0 Å². The molecule has 1 aromatic heterocycles. The third kappa shape index (κ3) is 1.33. The van der Waals surface area contributed by atoms with E-state index in [9.17, 15) is 0 Å². The summed E-state index contributed by atoms with van der Waals surface area (Å²) in [5, 5.41) is 11.1. The van der Waals surface area contributed by atoms with Gasteiger partial charge in [0.2, 0.25) is 0 Å². The Hall–Kier alpha value is -1.28. The summed E-state index contributed by atoms with van der Waals surface area (Å²) in [5.41, 5.74) is 0. The summed E-state index contributed by atoms with van der Waals surface area (Å²) >= 11 is 0. The molecule has 0 aliphatic carbocycles. The lowest BCUT2D eigenvalue weighted by molar-refractivity contribution is 0.287. The van der Waals surface area contributed by atoms with Crippen LogP contribution in [0, 0.1) is 6.92 Å². The predicted octanol–water partition coefficient (Wildman–Crippen LogP) is 2.28. The van der Waals surface area contributed by atoms with Crippen LogP contribution in [-0.4, -0.2) is 11.7 Å². The van der Waals surface area contributed by atoms with E-state index in [1.807, 2.05) is 31.2 Å². The van der Waals surface area contributed by atoms with E-state index in [0.29, 0.717) is 6.42 Å². The van der Waals surface area contributed by atoms with E-state index in [0.717, 1.165) is 22.3 Å². The maximum absolute atomic E-state index is 8.83. The van der Waals surface area contributed by atoms with Crippen LogP contribution in [0.15, 0.2) is 28.7 Å². The zero-order valence-electron chi connectivity index (χ0n) is 7.58. The fourth-order valence-electron chi connectivity index (χ4n) is 1.62. The van der Waals surface area contributed by atoms with Crippen LogP contribution in [0.2, 0.25) is 0 Å². The molecule has 0 aliphatic heterocycles. The Balaban J connectivity index is 2.63. The first-order valence-electron chi connectivity index (χ1n) is 4.41. The highest BCUT2D eigenvalue weighted by Gasteiger charge is 2.07. The minimum Gasteiger partial charge on any atom is -0.465 e. The number of hydrogen-bond donors (Lipinski definition) is 1. The third-order valence-electron chi connectivity index (χ3n) is 2.22. The second-order valence-corrected chi connectivity index (χ2v) is 3.10. The molecule has 2 aromatic rings. The van der Waals surface area contributed by atoms with Crippen molar-refractivity contribution < 1.29 is 9.52 Å². The molecular formula is C11H12O2. The van der Waals surface area contributed by atoms with Gasteiger partial charge in [-0.3, -0.25) is 0 Å². The molecule has 0 bridgehead atoms. The predicted molar refractivity (Wildman–Crippen MR) is 51.7 cm³/mol. The van der Waals surface area contributed by atoms with Crippen LogP contribution in [-0.2, 0) is 6.42 Å². The Labute approximate surface area is 76.8 Å². The van der Waals surface area contributed by atoms with Gasteiger partial charge in [0, 0.05) is 17.2 Å². The molecule has 0 unspecified atom stereocenters. The molecule has 0 atom stereocenters. The van der Waals surface area contributed by atoms with Crippen molar-refractivity contribution in [1.82, 2.24) is 0 Å². The summed E-state index contributed by atoms with van der Waals surface area (Å²) < 4.78 is 5.55. The van der Waals surface area contributed by atoms with E-state index >= 15 is 0 Å². The summed E-state index contributed by atoms with van der Waals surface area (Å²) in [6.07, 6.45) is 0.592. The molecule has 0 fully saturated rings. The largest absolute Gasteiger partial charge is 0.465 e. The van der Waals surface area contributed by atoms with Gasteiger partial charge in [0.15, 0.2) is 0 Å². The van der Waals surface area contributed by atoms with Gasteiger partial charge in [-0.2, -0.15) is 0 Å². The number of rotatable bonds is 2. The van der Waals surface area contributed by atoms with E-state index in [-0.39, 0.29) is 6.61 Å². The zero-order valence-corrected chi connectivity index (χ0v) is 7.58. The van der Waals surface area contributed by atoms with Gasteiger partial charge in [-0.15, -0.1) is 0 Å². The molecule has 1 heterocycles. The van der Waals surface area contributed by atoms with E-state index < -0.39 is 0 Å². The summed E-state index contributed by atoms with van der Waals surface area (Å²) in [7, 11) is 0. The molecular weight excluding hydrogens is 164 g/mol. The Morgan fingerprint density at radius 1 is 1.23 bits per heavy atom. The molecule has 0 saturated heterocycles. The fourth-order valence-corrected chi connectivity index (χ4v) is 1.62. The molecule has 1 aromatic carbocycles. The lowest BCUT2D eigenvalue weighted by atomic mass is 10.1. The molecule has 0 aliphatic rings. The molecule has 1 N–H and O–H groups in total. The number of aliphatic hydroxyl groups is 1. The minimum absolute atomic E-state index is 0.136. The van der Waals surface area contributed by atoms with Crippen molar-refractivity contribution in [3.05, 3.63) is 35.8 Å². The topological polar surface area (TPSA) is 33.4 Å². The highest BCUT2D eigenvalue weighted by atomic mass is 16.3. The minimum atomic E-state index is 0.136. The number of furan rings is 1. The highest BCUT2D eigenvalue weighted by molar-refractivity contribution is 5.86. The van der Waals surface area contributed by atoms with Crippen LogP contribution in [0.1, 0.15) is 11.5 Å². The molecule has 0 amide bonds. The van der Waals surface area contributed by atoms with Gasteiger partial charge in [0.25, 0.3) is 0 Å². The quantitative estimate of drug-likeness (QED) is 0.761. The van der Waals surface area contributed by atoms with Crippen LogP contribution in [0.4, 0.5) is 0 Å². The van der Waals surface area contributed by atoms with Crippen molar-refractivity contribution >= 4 is 10.8 Å². The molecule has 68 valence electrons. The smallest absolute Gasteiger partial charge is 0.114 e. The maximum atomic E-state index is 8.83. The summed E-state index contributed by atoms with van der Waals surface area (Å²) in [4.78, 5) is 0. The van der Waals surface area contributed by atoms with Crippen molar-refractivity contribution in [3.63, 3.8) is 0 Å². The summed E-state index contributed by atoms with van der Waals surface area (Å²) in [6.45, 7) is 2.08. The lowest BCUT2D eigenvalue weighted by Crippen LogP contribution is -1.87. The first-order valence-corrected chi connectivity index (χ1v) is 4.41. The van der Waals surface area contributed by atoms with Gasteiger partial charge in [0.05, 0.1) is 6.61 Å². The number of aryl methyl sites for hydroxylation is 1. The SMILES string of the molecule is Cc1oc(CCO)c2ccccc12. The van der Waals surface area contributed by atoms with E-state index in [1.165, 1.54) is 0 Å². The van der Waals surface area contributed by atoms with Crippen LogP contribution < -0.4 is 0 Å². The average Bonchev–Trinajstić information content (AvgIpc) is 2.46. The second-order valence-electron chi connectivity index (χ2n) is 3.10. The molecule has 0 radical (unpaired) electrons. The molecule has 2 rings (SSSR count). The second kappa shape index (κ2) is 3.23. The van der Waals surface area contributed by atoms with Crippen LogP contribution in [0.3, 0.4) is 0 Å². The normalized spacial score (nSPS) is 10.9. The fraction of sp³-hybridized carbons (Fsp3) is 0.273. The monoisotopic (exact) mass is 176 g/mol. The number of aliphatic hydroxyl groups excluding tert-OH is 1. The van der Waals surface area contributed by atoms with Crippen LogP contribution in [0.25, 0.3) is 10.8 Å². The standard InChI is InChI=1S/C11H12O2/c1-8-9-4-2-3-5-10(9)11(13-8)6-7-12/h2-5,12H,6-7H2,1H3. The van der Waals surface area contributed by atoms with E-state index in [4.69, 9.17) is 9.52 Å². The van der Waals surface area contributed by atoms with Gasteiger partial charge in [-0.1, -0.05) is 24.3 Å². The van der Waals surface area contributed by atoms with Crippen molar-refractivity contribution in [2.45, 2.75) is 13.3 Å². The first kappa shape index (κ1) is 8.32. The Kier molecular flexibility index (Phi) is 2.07. The Morgan fingerprint density at radius 2 is 1.92 bits per heavy atom. The van der Waals surface area contributed by atoms with Crippen molar-refractivity contribution in [1.29, 1.82) is 0 Å². The Morgan fingerprint density at radius 3 is 2.62 bits per heavy atom. The molecule has 0 saturated carbocycles. The van der Waals surface area contributed by atoms with Gasteiger partial charge >= 0.3 is 0 Å². The number of benzene rings is 1. The van der Waals surface area contributed by atoms with Crippen molar-refractivity contribution in [2.75, 3.05) is 6.61 Å². The van der Waals surface area contributed by atoms with Gasteiger partial charge in [-0.05, 0) is 6.92 Å². The maximum Gasteiger partial charge on any atom is 0.114 e. The average molecular weight is 176 g/mol. The highest BCUT2D eigenvalue weighted by Crippen LogP contribution is 2.25. The van der Waals surface area contributed by atoms with E-state index in [1.54, 1.807) is 0 Å².